The van der Waals surface area contributed by atoms with E-state index in [0.717, 1.165) is 25.6 Å². The van der Waals surface area contributed by atoms with Gasteiger partial charge in [0.05, 0.1) is 12.7 Å². The van der Waals surface area contributed by atoms with Gasteiger partial charge in [0.1, 0.15) is 0 Å². The minimum Gasteiger partial charge on any atom is -0.377 e. The van der Waals surface area contributed by atoms with Gasteiger partial charge in [-0.3, -0.25) is 0 Å². The smallest absolute Gasteiger partial charge is 0.0601 e. The molecule has 0 aliphatic heterocycles. The molecule has 0 aromatic heterocycles. The van der Waals surface area contributed by atoms with E-state index >= 15 is 0 Å². The van der Waals surface area contributed by atoms with Crippen LogP contribution >= 0.6 is 0 Å². The summed E-state index contributed by atoms with van der Waals surface area (Å²) < 4.78 is 5.83. The summed E-state index contributed by atoms with van der Waals surface area (Å²) in [5.41, 5.74) is 0. The van der Waals surface area contributed by atoms with Crippen LogP contribution in [0, 0.1) is 5.92 Å². The van der Waals surface area contributed by atoms with Gasteiger partial charge in [-0.25, -0.2) is 0 Å². The number of hydrogen-bond donors (Lipinski definition) is 1. The maximum atomic E-state index is 5.83. The standard InChI is InChI=1S/C11H23NO/c1-3-12-8-9-13-11-7-5-4-6-10(11)2/h10-12H,3-9H2,1-2H3. The highest BCUT2D eigenvalue weighted by Gasteiger charge is 2.21. The van der Waals surface area contributed by atoms with Crippen molar-refractivity contribution in [2.45, 2.75) is 45.6 Å². The lowest BCUT2D eigenvalue weighted by Gasteiger charge is -2.28. The summed E-state index contributed by atoms with van der Waals surface area (Å²) in [5, 5.41) is 3.28. The van der Waals surface area contributed by atoms with E-state index < -0.39 is 0 Å². The molecule has 0 saturated heterocycles. The summed E-state index contributed by atoms with van der Waals surface area (Å²) in [6.07, 6.45) is 5.91. The first-order valence-electron chi connectivity index (χ1n) is 5.67. The monoisotopic (exact) mass is 185 g/mol. The molecule has 1 fully saturated rings. The number of nitrogens with one attached hydrogen (secondary N) is 1. The van der Waals surface area contributed by atoms with Crippen molar-refractivity contribution < 1.29 is 4.74 Å². The summed E-state index contributed by atoms with van der Waals surface area (Å²) in [4.78, 5) is 0. The third-order valence-corrected chi connectivity index (χ3v) is 2.89. The van der Waals surface area contributed by atoms with Gasteiger partial charge in [-0.15, -0.1) is 0 Å². The molecule has 0 aromatic rings. The van der Waals surface area contributed by atoms with Crippen molar-refractivity contribution >= 4 is 0 Å². The molecule has 1 aliphatic carbocycles. The molecule has 78 valence electrons. The van der Waals surface area contributed by atoms with Crippen LogP contribution in [0.1, 0.15) is 39.5 Å². The lowest BCUT2D eigenvalue weighted by Crippen LogP contribution is -2.29. The van der Waals surface area contributed by atoms with Crippen LogP contribution in [0.4, 0.5) is 0 Å². The first-order chi connectivity index (χ1) is 6.34. The van der Waals surface area contributed by atoms with Crippen LogP contribution in [0.15, 0.2) is 0 Å². The van der Waals surface area contributed by atoms with Crippen molar-refractivity contribution in [3.63, 3.8) is 0 Å². The Balaban J connectivity index is 2.05. The highest BCUT2D eigenvalue weighted by atomic mass is 16.5. The quantitative estimate of drug-likeness (QED) is 0.663. The van der Waals surface area contributed by atoms with Crippen LogP contribution in [-0.4, -0.2) is 25.8 Å². The molecule has 0 radical (unpaired) electrons. The summed E-state index contributed by atoms with van der Waals surface area (Å²) in [6.45, 7) is 7.37. The molecule has 0 bridgehead atoms. The molecule has 1 aliphatic rings. The molecule has 0 amide bonds. The lowest BCUT2D eigenvalue weighted by atomic mass is 9.88. The summed E-state index contributed by atoms with van der Waals surface area (Å²) in [7, 11) is 0. The van der Waals surface area contributed by atoms with Gasteiger partial charge >= 0.3 is 0 Å². The van der Waals surface area contributed by atoms with E-state index in [1.54, 1.807) is 0 Å². The zero-order valence-corrected chi connectivity index (χ0v) is 9.01. The molecule has 2 heteroatoms. The van der Waals surface area contributed by atoms with Gasteiger partial charge < -0.3 is 10.1 Å². The van der Waals surface area contributed by atoms with E-state index in [-0.39, 0.29) is 0 Å². The van der Waals surface area contributed by atoms with Gasteiger partial charge in [-0.05, 0) is 25.3 Å². The van der Waals surface area contributed by atoms with Crippen LogP contribution in [0.5, 0.6) is 0 Å². The van der Waals surface area contributed by atoms with Crippen LogP contribution < -0.4 is 5.32 Å². The van der Waals surface area contributed by atoms with Gasteiger partial charge in [0.15, 0.2) is 0 Å². The fourth-order valence-corrected chi connectivity index (χ4v) is 1.99. The van der Waals surface area contributed by atoms with Gasteiger partial charge in [0, 0.05) is 6.54 Å². The second-order valence-electron chi connectivity index (χ2n) is 4.02. The predicted octanol–water partition coefficient (Wildman–Crippen LogP) is 2.19. The number of ether oxygens (including phenoxy) is 1. The second kappa shape index (κ2) is 6.39. The van der Waals surface area contributed by atoms with Crippen molar-refractivity contribution in [1.29, 1.82) is 0 Å². The fraction of sp³-hybridized carbons (Fsp3) is 1.00. The van der Waals surface area contributed by atoms with Crippen molar-refractivity contribution in [3.8, 4) is 0 Å². The molecule has 1 rings (SSSR count). The topological polar surface area (TPSA) is 21.3 Å². The third kappa shape index (κ3) is 4.10. The van der Waals surface area contributed by atoms with Crippen molar-refractivity contribution in [2.24, 2.45) is 5.92 Å². The average molecular weight is 185 g/mol. The van der Waals surface area contributed by atoms with Crippen molar-refractivity contribution in [1.82, 2.24) is 5.32 Å². The fourth-order valence-electron chi connectivity index (χ4n) is 1.99. The molecule has 2 nitrogen and oxygen atoms in total. The maximum Gasteiger partial charge on any atom is 0.0601 e. The van der Waals surface area contributed by atoms with Crippen molar-refractivity contribution in [3.05, 3.63) is 0 Å². The Hall–Kier alpha value is -0.0800. The Kier molecular flexibility index (Phi) is 5.40. The average Bonchev–Trinajstić information content (AvgIpc) is 2.15. The Labute approximate surface area is 82.0 Å². The number of rotatable bonds is 5. The van der Waals surface area contributed by atoms with E-state index in [1.807, 2.05) is 0 Å². The zero-order valence-electron chi connectivity index (χ0n) is 9.01. The third-order valence-electron chi connectivity index (χ3n) is 2.89. The Bertz CT molecular complexity index is 127. The number of likely N-dealkylation sites (N-methyl/N-ethyl adjacent to an activating group) is 1. The predicted molar refractivity (Wildman–Crippen MR) is 55.9 cm³/mol. The van der Waals surface area contributed by atoms with E-state index in [0.29, 0.717) is 6.10 Å². The maximum absolute atomic E-state index is 5.83. The van der Waals surface area contributed by atoms with E-state index in [4.69, 9.17) is 4.74 Å². The largest absolute Gasteiger partial charge is 0.377 e. The Morgan fingerprint density at radius 2 is 2.08 bits per heavy atom. The molecular formula is C11H23NO. The number of hydrogen-bond acceptors (Lipinski definition) is 2. The first kappa shape index (κ1) is 11.0. The molecule has 1 saturated carbocycles. The summed E-state index contributed by atoms with van der Waals surface area (Å²) in [5.74, 6) is 0.773. The Morgan fingerprint density at radius 1 is 1.31 bits per heavy atom. The molecule has 13 heavy (non-hydrogen) atoms. The highest BCUT2D eigenvalue weighted by Crippen LogP contribution is 2.25. The molecule has 2 atom stereocenters. The summed E-state index contributed by atoms with van der Waals surface area (Å²) in [6, 6.07) is 0. The lowest BCUT2D eigenvalue weighted by molar-refractivity contribution is -0.00300. The highest BCUT2D eigenvalue weighted by molar-refractivity contribution is 4.72. The SMILES string of the molecule is CCNCCOC1CCCCC1C. The zero-order chi connectivity index (χ0) is 9.52. The van der Waals surface area contributed by atoms with Crippen LogP contribution in [-0.2, 0) is 4.74 Å². The minimum atomic E-state index is 0.535. The molecule has 0 spiro atoms. The van der Waals surface area contributed by atoms with Gasteiger partial charge in [-0.1, -0.05) is 26.7 Å². The molecular weight excluding hydrogens is 162 g/mol. The molecule has 2 unspecified atom stereocenters. The first-order valence-corrected chi connectivity index (χ1v) is 5.67. The van der Waals surface area contributed by atoms with Crippen LogP contribution in [0.25, 0.3) is 0 Å². The van der Waals surface area contributed by atoms with Gasteiger partial charge in [0.2, 0.25) is 0 Å². The van der Waals surface area contributed by atoms with Crippen molar-refractivity contribution in [2.75, 3.05) is 19.7 Å². The van der Waals surface area contributed by atoms with E-state index in [1.165, 1.54) is 25.7 Å². The van der Waals surface area contributed by atoms with E-state index in [9.17, 15) is 0 Å². The molecule has 1 N–H and O–H groups in total. The van der Waals surface area contributed by atoms with Gasteiger partial charge in [-0.2, -0.15) is 0 Å². The van der Waals surface area contributed by atoms with Crippen LogP contribution in [0.2, 0.25) is 0 Å². The second-order valence-corrected chi connectivity index (χ2v) is 4.02. The normalized spacial score (nSPS) is 29.1. The minimum absolute atomic E-state index is 0.535. The van der Waals surface area contributed by atoms with Crippen LogP contribution in [0.3, 0.4) is 0 Å². The molecule has 0 heterocycles. The van der Waals surface area contributed by atoms with E-state index in [2.05, 4.69) is 19.2 Å². The molecule has 0 aromatic carbocycles. The Morgan fingerprint density at radius 3 is 2.77 bits per heavy atom. The van der Waals surface area contributed by atoms with Gasteiger partial charge in [0.25, 0.3) is 0 Å². The summed E-state index contributed by atoms with van der Waals surface area (Å²) >= 11 is 0.